The lowest BCUT2D eigenvalue weighted by molar-refractivity contribution is -0.124. The van der Waals surface area contributed by atoms with Crippen LogP contribution in [0.4, 0.5) is 0 Å². The van der Waals surface area contributed by atoms with Crippen molar-refractivity contribution in [1.29, 1.82) is 0 Å². The molecule has 3 rings (SSSR count). The minimum absolute atomic E-state index is 0.0711. The Labute approximate surface area is 174 Å². The summed E-state index contributed by atoms with van der Waals surface area (Å²) in [5.74, 6) is 0.590. The highest BCUT2D eigenvalue weighted by atomic mass is 35.5. The Balaban J connectivity index is 2.22. The molecule has 0 radical (unpaired) electrons. The maximum absolute atomic E-state index is 13.3. The number of carbonyl (C=O) groups is 2. The van der Waals surface area contributed by atoms with Crippen molar-refractivity contribution >= 4 is 34.3 Å². The smallest absolute Gasteiger partial charge is 0.277 e. The predicted molar refractivity (Wildman–Crippen MR) is 111 cm³/mol. The third-order valence-corrected chi connectivity index (χ3v) is 5.33. The number of aromatic nitrogens is 1. The highest BCUT2D eigenvalue weighted by Crippen LogP contribution is 2.44. The van der Waals surface area contributed by atoms with E-state index in [1.54, 1.807) is 39.5 Å². The number of fused-ring (bicyclic) bond motifs is 1. The molecule has 7 nitrogen and oxygen atoms in total. The summed E-state index contributed by atoms with van der Waals surface area (Å²) in [6.07, 6.45) is 3.98. The van der Waals surface area contributed by atoms with E-state index in [0.29, 0.717) is 42.5 Å². The molecule has 1 aromatic heterocycles. The van der Waals surface area contributed by atoms with Crippen LogP contribution in [0.25, 0.3) is 10.9 Å². The maximum atomic E-state index is 13.3. The first kappa shape index (κ1) is 21.0. The van der Waals surface area contributed by atoms with Crippen molar-refractivity contribution in [2.75, 3.05) is 27.9 Å². The van der Waals surface area contributed by atoms with Crippen LogP contribution in [-0.4, -0.2) is 49.2 Å². The molecule has 0 bridgehead atoms. The molecule has 2 aromatic rings. The summed E-state index contributed by atoms with van der Waals surface area (Å²) in [5.41, 5.74) is 1.13. The van der Waals surface area contributed by atoms with Crippen LogP contribution < -0.4 is 14.2 Å². The molecule has 0 saturated heterocycles. The number of methoxy groups -OCH3 is 3. The van der Waals surface area contributed by atoms with E-state index in [1.807, 2.05) is 4.57 Å². The highest BCUT2D eigenvalue weighted by Gasteiger charge is 2.31. The van der Waals surface area contributed by atoms with Gasteiger partial charge in [-0.1, -0.05) is 31.0 Å². The Morgan fingerprint density at radius 1 is 1.14 bits per heavy atom. The standard InChI is InChI=1S/C21H25ClN2O5/c1-5-6-9-23-15(21(26)24-10-7-8-14(22)20(24)25)11-13-12-16(27-2)18(28-3)19(29-4)17(13)23/h8,11-12H,5-7,9-10H2,1-4H3. The van der Waals surface area contributed by atoms with E-state index < -0.39 is 5.91 Å². The van der Waals surface area contributed by atoms with Gasteiger partial charge in [0.25, 0.3) is 11.8 Å². The average Bonchev–Trinajstić information content (AvgIpc) is 3.10. The number of nitrogens with zero attached hydrogens (tertiary/aromatic N) is 2. The SMILES string of the molecule is CCCCn1c(C(=O)N2CCC=C(Cl)C2=O)cc2cc(OC)c(OC)c(OC)c21. The average molecular weight is 421 g/mol. The second-order valence-electron chi connectivity index (χ2n) is 6.72. The minimum atomic E-state index is -0.475. The molecule has 0 saturated carbocycles. The molecule has 2 heterocycles. The van der Waals surface area contributed by atoms with Crippen molar-refractivity contribution in [1.82, 2.24) is 9.47 Å². The van der Waals surface area contributed by atoms with Crippen LogP contribution in [0.1, 0.15) is 36.7 Å². The van der Waals surface area contributed by atoms with Crippen LogP contribution >= 0.6 is 11.6 Å². The molecule has 1 aromatic carbocycles. The van der Waals surface area contributed by atoms with Gasteiger partial charge >= 0.3 is 0 Å². The second kappa shape index (κ2) is 8.78. The van der Waals surface area contributed by atoms with Crippen molar-refractivity contribution in [3.63, 3.8) is 0 Å². The van der Waals surface area contributed by atoms with Crippen LogP contribution in [-0.2, 0) is 11.3 Å². The number of ether oxygens (including phenoxy) is 3. The van der Waals surface area contributed by atoms with Crippen molar-refractivity contribution in [3.8, 4) is 17.2 Å². The normalized spacial score (nSPS) is 14.2. The number of hydrogen-bond donors (Lipinski definition) is 0. The lowest BCUT2D eigenvalue weighted by Gasteiger charge is -2.24. The van der Waals surface area contributed by atoms with Gasteiger partial charge in [0.1, 0.15) is 10.7 Å². The monoisotopic (exact) mass is 420 g/mol. The number of imide groups is 1. The van der Waals surface area contributed by atoms with Crippen LogP contribution in [0.2, 0.25) is 0 Å². The third kappa shape index (κ3) is 3.67. The highest BCUT2D eigenvalue weighted by molar-refractivity contribution is 6.43. The van der Waals surface area contributed by atoms with Gasteiger partial charge in [0.15, 0.2) is 11.5 Å². The molecule has 8 heteroatoms. The number of carbonyl (C=O) groups excluding carboxylic acids is 2. The largest absolute Gasteiger partial charge is 0.493 e. The zero-order chi connectivity index (χ0) is 21.1. The molecule has 0 fully saturated rings. The van der Waals surface area contributed by atoms with Crippen molar-refractivity contribution in [3.05, 3.63) is 28.9 Å². The van der Waals surface area contributed by atoms with E-state index in [2.05, 4.69) is 6.92 Å². The van der Waals surface area contributed by atoms with Crippen LogP contribution in [0, 0.1) is 0 Å². The number of hydrogen-bond acceptors (Lipinski definition) is 5. The quantitative estimate of drug-likeness (QED) is 0.634. The lowest BCUT2D eigenvalue weighted by Crippen LogP contribution is -2.40. The fourth-order valence-corrected chi connectivity index (χ4v) is 3.80. The van der Waals surface area contributed by atoms with E-state index in [1.165, 1.54) is 4.90 Å². The Hall–Kier alpha value is -2.67. The van der Waals surface area contributed by atoms with Gasteiger partial charge in [0.2, 0.25) is 5.75 Å². The lowest BCUT2D eigenvalue weighted by atomic mass is 10.2. The van der Waals surface area contributed by atoms with Crippen molar-refractivity contribution < 1.29 is 23.8 Å². The molecular weight excluding hydrogens is 396 g/mol. The first-order valence-electron chi connectivity index (χ1n) is 9.52. The van der Waals surface area contributed by atoms with Crippen LogP contribution in [0.5, 0.6) is 17.2 Å². The summed E-state index contributed by atoms with van der Waals surface area (Å²) in [5, 5.41) is 0.840. The van der Waals surface area contributed by atoms with Crippen molar-refractivity contribution in [2.24, 2.45) is 0 Å². The fraction of sp³-hybridized carbons (Fsp3) is 0.429. The van der Waals surface area contributed by atoms with Gasteiger partial charge in [0, 0.05) is 18.5 Å². The van der Waals surface area contributed by atoms with Gasteiger partial charge < -0.3 is 18.8 Å². The number of benzene rings is 1. The number of halogens is 1. The molecule has 29 heavy (non-hydrogen) atoms. The molecular formula is C21H25ClN2O5. The third-order valence-electron chi connectivity index (χ3n) is 5.01. The molecule has 0 unspecified atom stereocenters. The number of unbranched alkanes of at least 4 members (excludes halogenated alkanes) is 1. The Kier molecular flexibility index (Phi) is 6.37. The van der Waals surface area contributed by atoms with Gasteiger partial charge in [-0.05, 0) is 25.0 Å². The number of amides is 2. The maximum Gasteiger partial charge on any atom is 0.277 e. The van der Waals surface area contributed by atoms with Gasteiger partial charge in [-0.3, -0.25) is 14.5 Å². The van der Waals surface area contributed by atoms with Crippen LogP contribution in [0.15, 0.2) is 23.2 Å². The zero-order valence-corrected chi connectivity index (χ0v) is 17.8. The summed E-state index contributed by atoms with van der Waals surface area (Å²) in [6.45, 7) is 2.97. The summed E-state index contributed by atoms with van der Waals surface area (Å²) >= 11 is 5.98. The molecule has 1 aliphatic rings. The molecule has 156 valence electrons. The Bertz CT molecular complexity index is 979. The summed E-state index contributed by atoms with van der Waals surface area (Å²) in [4.78, 5) is 26.9. The first-order valence-corrected chi connectivity index (χ1v) is 9.90. The molecule has 0 spiro atoms. The van der Waals surface area contributed by atoms with Gasteiger partial charge in [-0.2, -0.15) is 0 Å². The molecule has 1 aliphatic heterocycles. The molecule has 0 N–H and O–H groups in total. The Morgan fingerprint density at radius 3 is 2.48 bits per heavy atom. The van der Waals surface area contributed by atoms with Gasteiger partial charge in [-0.25, -0.2) is 0 Å². The van der Waals surface area contributed by atoms with E-state index in [4.69, 9.17) is 25.8 Å². The zero-order valence-electron chi connectivity index (χ0n) is 17.1. The van der Waals surface area contributed by atoms with Gasteiger partial charge in [0.05, 0.1) is 26.8 Å². The number of rotatable bonds is 7. The minimum Gasteiger partial charge on any atom is -0.493 e. The van der Waals surface area contributed by atoms with Crippen molar-refractivity contribution in [2.45, 2.75) is 32.7 Å². The Morgan fingerprint density at radius 2 is 1.86 bits per heavy atom. The molecule has 2 amide bonds. The topological polar surface area (TPSA) is 70.0 Å². The predicted octanol–water partition coefficient (Wildman–Crippen LogP) is 3.96. The van der Waals surface area contributed by atoms with E-state index in [-0.39, 0.29) is 10.9 Å². The van der Waals surface area contributed by atoms with Crippen LogP contribution in [0.3, 0.4) is 0 Å². The molecule has 0 atom stereocenters. The van der Waals surface area contributed by atoms with E-state index >= 15 is 0 Å². The van der Waals surface area contributed by atoms with Gasteiger partial charge in [-0.15, -0.1) is 0 Å². The fourth-order valence-electron chi connectivity index (χ4n) is 3.59. The van der Waals surface area contributed by atoms with E-state index in [0.717, 1.165) is 23.7 Å². The first-order chi connectivity index (χ1) is 14.0. The summed E-state index contributed by atoms with van der Waals surface area (Å²) in [7, 11) is 4.64. The molecule has 0 aliphatic carbocycles. The second-order valence-corrected chi connectivity index (χ2v) is 7.13. The van der Waals surface area contributed by atoms with E-state index in [9.17, 15) is 9.59 Å². The summed E-state index contributed by atoms with van der Waals surface area (Å²) < 4.78 is 18.5. The summed E-state index contributed by atoms with van der Waals surface area (Å²) in [6, 6.07) is 3.57. The number of aryl methyl sites for hydroxylation is 1.